The molecule has 0 aliphatic carbocycles. The summed E-state index contributed by atoms with van der Waals surface area (Å²) in [5.41, 5.74) is 0. The highest BCUT2D eigenvalue weighted by Gasteiger charge is 2.18. The van der Waals surface area contributed by atoms with Crippen molar-refractivity contribution < 1.29 is 9.59 Å². The molecule has 0 bridgehead atoms. The topological polar surface area (TPSA) is 61.4 Å². The average molecular weight is 394 g/mol. The smallest absolute Gasteiger partial charge is 0.317 e. The Morgan fingerprint density at radius 1 is 0.964 bits per heavy atom. The first-order chi connectivity index (χ1) is 13.7. The predicted molar refractivity (Wildman–Crippen MR) is 117 cm³/mol. The Bertz CT molecular complexity index is 438. The van der Waals surface area contributed by atoms with Crippen molar-refractivity contribution in [2.75, 3.05) is 26.2 Å². The van der Waals surface area contributed by atoms with Gasteiger partial charge in [-0.1, -0.05) is 70.4 Å². The molecule has 0 saturated carbocycles. The molecule has 1 heterocycles. The number of allylic oxidation sites excluding steroid dienone is 2. The second kappa shape index (κ2) is 17.6. The zero-order valence-electron chi connectivity index (χ0n) is 18.1. The number of urea groups is 1. The highest BCUT2D eigenvalue weighted by atomic mass is 16.2. The van der Waals surface area contributed by atoms with Crippen LogP contribution >= 0.6 is 0 Å². The van der Waals surface area contributed by atoms with Crippen molar-refractivity contribution >= 4 is 11.9 Å². The zero-order valence-corrected chi connectivity index (χ0v) is 18.1. The van der Waals surface area contributed by atoms with E-state index in [9.17, 15) is 9.59 Å². The van der Waals surface area contributed by atoms with E-state index in [0.717, 1.165) is 19.4 Å². The molecule has 0 radical (unpaired) electrons. The summed E-state index contributed by atoms with van der Waals surface area (Å²) in [7, 11) is 0. The van der Waals surface area contributed by atoms with Crippen LogP contribution in [0.3, 0.4) is 0 Å². The minimum absolute atomic E-state index is 0.0218. The molecule has 1 rings (SSSR count). The van der Waals surface area contributed by atoms with E-state index in [1.165, 1.54) is 70.6 Å². The molecule has 1 aliphatic rings. The maximum Gasteiger partial charge on any atom is 0.317 e. The fourth-order valence-corrected chi connectivity index (χ4v) is 3.50. The summed E-state index contributed by atoms with van der Waals surface area (Å²) >= 11 is 0. The second-order valence-corrected chi connectivity index (χ2v) is 7.90. The molecule has 0 spiro atoms. The van der Waals surface area contributed by atoms with E-state index in [1.54, 1.807) is 4.90 Å². The highest BCUT2D eigenvalue weighted by molar-refractivity contribution is 5.77. The Morgan fingerprint density at radius 2 is 1.57 bits per heavy atom. The lowest BCUT2D eigenvalue weighted by molar-refractivity contribution is -0.121. The van der Waals surface area contributed by atoms with Gasteiger partial charge in [0.25, 0.3) is 0 Å². The van der Waals surface area contributed by atoms with Crippen LogP contribution in [0.5, 0.6) is 0 Å². The predicted octanol–water partition coefficient (Wildman–Crippen LogP) is 5.17. The largest absolute Gasteiger partial charge is 0.354 e. The van der Waals surface area contributed by atoms with E-state index in [1.807, 2.05) is 0 Å². The zero-order chi connectivity index (χ0) is 20.3. The van der Waals surface area contributed by atoms with Crippen LogP contribution < -0.4 is 10.6 Å². The van der Waals surface area contributed by atoms with Crippen LogP contribution in [0.25, 0.3) is 0 Å². The van der Waals surface area contributed by atoms with E-state index >= 15 is 0 Å². The van der Waals surface area contributed by atoms with Crippen molar-refractivity contribution in [2.24, 2.45) is 0 Å². The third-order valence-electron chi connectivity index (χ3n) is 5.31. The van der Waals surface area contributed by atoms with Crippen molar-refractivity contribution in [3.63, 3.8) is 0 Å². The number of unbranched alkanes of at least 4 members (excludes halogenated alkanes) is 11. The van der Waals surface area contributed by atoms with Crippen molar-refractivity contribution in [1.29, 1.82) is 0 Å². The molecule has 1 aliphatic heterocycles. The number of hydrogen-bond acceptors (Lipinski definition) is 2. The molecule has 1 fully saturated rings. The number of nitrogens with one attached hydrogen (secondary N) is 2. The SMILES string of the molecule is CCCCCCCC/C=C/CCCCCCCC(=O)NCCN1CCNC1=O. The molecule has 0 aromatic heterocycles. The monoisotopic (exact) mass is 393 g/mol. The average Bonchev–Trinajstić information content (AvgIpc) is 3.10. The van der Waals surface area contributed by atoms with E-state index in [-0.39, 0.29) is 11.9 Å². The molecule has 5 heteroatoms. The van der Waals surface area contributed by atoms with Crippen LogP contribution in [0.15, 0.2) is 12.2 Å². The molecule has 0 aromatic carbocycles. The molecule has 3 amide bonds. The summed E-state index contributed by atoms with van der Waals surface area (Å²) in [5.74, 6) is 0.109. The van der Waals surface area contributed by atoms with Crippen LogP contribution in [0.1, 0.15) is 96.8 Å². The van der Waals surface area contributed by atoms with Gasteiger partial charge in [-0.15, -0.1) is 0 Å². The first-order valence-electron chi connectivity index (χ1n) is 11.7. The van der Waals surface area contributed by atoms with Crippen LogP contribution in [0.2, 0.25) is 0 Å². The van der Waals surface area contributed by atoms with Gasteiger partial charge in [-0.05, 0) is 32.1 Å². The van der Waals surface area contributed by atoms with E-state index in [0.29, 0.717) is 26.1 Å². The lowest BCUT2D eigenvalue weighted by Crippen LogP contribution is -2.36. The van der Waals surface area contributed by atoms with Gasteiger partial charge in [-0.25, -0.2) is 4.79 Å². The van der Waals surface area contributed by atoms with Crippen molar-refractivity contribution in [2.45, 2.75) is 96.8 Å². The van der Waals surface area contributed by atoms with Gasteiger partial charge >= 0.3 is 6.03 Å². The third-order valence-corrected chi connectivity index (χ3v) is 5.31. The summed E-state index contributed by atoms with van der Waals surface area (Å²) in [4.78, 5) is 24.9. The third kappa shape index (κ3) is 13.6. The van der Waals surface area contributed by atoms with Crippen molar-refractivity contribution in [1.82, 2.24) is 15.5 Å². The molecular weight excluding hydrogens is 350 g/mol. The number of nitrogens with zero attached hydrogens (tertiary/aromatic N) is 1. The van der Waals surface area contributed by atoms with E-state index in [4.69, 9.17) is 0 Å². The van der Waals surface area contributed by atoms with Gasteiger partial charge in [0.1, 0.15) is 0 Å². The molecule has 1 saturated heterocycles. The molecule has 162 valence electrons. The van der Waals surface area contributed by atoms with Gasteiger partial charge in [0, 0.05) is 32.6 Å². The molecular formula is C23H43N3O2. The quantitative estimate of drug-likeness (QED) is 0.249. The van der Waals surface area contributed by atoms with Crippen LogP contribution in [-0.4, -0.2) is 43.0 Å². The first-order valence-corrected chi connectivity index (χ1v) is 11.7. The maximum absolute atomic E-state index is 11.8. The molecule has 2 N–H and O–H groups in total. The maximum atomic E-state index is 11.8. The highest BCUT2D eigenvalue weighted by Crippen LogP contribution is 2.10. The number of carbonyl (C=O) groups excluding carboxylic acids is 2. The summed E-state index contributed by atoms with van der Waals surface area (Å²) in [6.45, 7) is 4.87. The number of amides is 3. The Balaban J connectivity index is 1.79. The number of rotatable bonds is 18. The summed E-state index contributed by atoms with van der Waals surface area (Å²) in [6.07, 6.45) is 21.8. The molecule has 0 unspecified atom stereocenters. The Morgan fingerprint density at radius 3 is 2.18 bits per heavy atom. The van der Waals surface area contributed by atoms with Crippen LogP contribution in [-0.2, 0) is 4.79 Å². The Hall–Kier alpha value is -1.52. The van der Waals surface area contributed by atoms with Gasteiger partial charge < -0.3 is 15.5 Å². The summed E-state index contributed by atoms with van der Waals surface area (Å²) in [6, 6.07) is -0.0218. The van der Waals surface area contributed by atoms with Gasteiger partial charge in [0.15, 0.2) is 0 Å². The molecule has 0 aromatic rings. The second-order valence-electron chi connectivity index (χ2n) is 7.90. The minimum atomic E-state index is -0.0218. The Labute approximate surface area is 172 Å². The summed E-state index contributed by atoms with van der Waals surface area (Å²) < 4.78 is 0. The van der Waals surface area contributed by atoms with Gasteiger partial charge in [0.05, 0.1) is 0 Å². The van der Waals surface area contributed by atoms with E-state index < -0.39 is 0 Å². The van der Waals surface area contributed by atoms with Crippen molar-refractivity contribution in [3.05, 3.63) is 12.2 Å². The van der Waals surface area contributed by atoms with Gasteiger partial charge in [-0.2, -0.15) is 0 Å². The molecule has 28 heavy (non-hydrogen) atoms. The fraction of sp³-hybridized carbons (Fsp3) is 0.826. The normalized spacial score (nSPS) is 14.0. The lowest BCUT2D eigenvalue weighted by atomic mass is 10.1. The number of hydrogen-bond donors (Lipinski definition) is 2. The number of carbonyl (C=O) groups is 2. The van der Waals surface area contributed by atoms with Gasteiger partial charge in [-0.3, -0.25) is 4.79 Å². The van der Waals surface area contributed by atoms with Crippen LogP contribution in [0.4, 0.5) is 4.79 Å². The Kier molecular flexibility index (Phi) is 15.4. The standard InChI is InChI=1S/C23H43N3O2/c1-2-3-4-5-6-7-8-9-10-11-12-13-14-15-16-17-22(27)24-18-20-26-21-19-25-23(26)28/h9-10H,2-8,11-21H2,1H3,(H,24,27)(H,25,28)/b10-9+. The molecule has 0 atom stereocenters. The lowest BCUT2D eigenvalue weighted by Gasteiger charge is -2.14. The van der Waals surface area contributed by atoms with E-state index in [2.05, 4.69) is 29.7 Å². The fourth-order valence-electron chi connectivity index (χ4n) is 3.50. The van der Waals surface area contributed by atoms with Gasteiger partial charge in [0.2, 0.25) is 5.91 Å². The summed E-state index contributed by atoms with van der Waals surface area (Å²) in [5, 5.41) is 5.67. The molecule has 5 nitrogen and oxygen atoms in total. The minimum Gasteiger partial charge on any atom is -0.354 e. The van der Waals surface area contributed by atoms with Crippen molar-refractivity contribution in [3.8, 4) is 0 Å². The first kappa shape index (κ1) is 24.5. The van der Waals surface area contributed by atoms with Crippen LogP contribution in [0, 0.1) is 0 Å².